The number of hydrazine groups is 1. The summed E-state index contributed by atoms with van der Waals surface area (Å²) in [5.41, 5.74) is -0.0364. The fourth-order valence-corrected chi connectivity index (χ4v) is 5.45. The molecule has 4 aliphatic carbocycles. The predicted molar refractivity (Wildman–Crippen MR) is 68.6 cm³/mol. The second kappa shape index (κ2) is 4.20. The molecule has 4 fully saturated rings. The molecule has 0 aromatic rings. The molecule has 0 spiro atoms. The SMILES string of the molecule is CCN(N)C(C(=O)O)C12CC3CC(CC(C3)C1)C2. The van der Waals surface area contributed by atoms with Crippen LogP contribution >= 0.6 is 0 Å². The molecular formula is C14H24N2O2. The lowest BCUT2D eigenvalue weighted by Gasteiger charge is -2.59. The first kappa shape index (κ1) is 12.4. The Hall–Kier alpha value is -0.610. The zero-order valence-corrected chi connectivity index (χ0v) is 11.1. The van der Waals surface area contributed by atoms with Gasteiger partial charge in [0.05, 0.1) is 0 Å². The van der Waals surface area contributed by atoms with Crippen molar-refractivity contribution >= 4 is 5.97 Å². The van der Waals surface area contributed by atoms with Crippen molar-refractivity contribution in [2.45, 2.75) is 51.5 Å². The Kier molecular flexibility index (Phi) is 2.90. The molecule has 4 rings (SSSR count). The summed E-state index contributed by atoms with van der Waals surface area (Å²) in [6.45, 7) is 2.55. The molecule has 0 aliphatic heterocycles. The van der Waals surface area contributed by atoms with Gasteiger partial charge in [-0.15, -0.1) is 0 Å². The molecule has 18 heavy (non-hydrogen) atoms. The van der Waals surface area contributed by atoms with Crippen LogP contribution in [-0.4, -0.2) is 28.7 Å². The van der Waals surface area contributed by atoms with Gasteiger partial charge in [0, 0.05) is 6.54 Å². The molecule has 4 saturated carbocycles. The van der Waals surface area contributed by atoms with Gasteiger partial charge in [-0.25, -0.2) is 5.01 Å². The van der Waals surface area contributed by atoms with Gasteiger partial charge in [-0.1, -0.05) is 6.92 Å². The third-order valence-electron chi connectivity index (χ3n) is 5.60. The smallest absolute Gasteiger partial charge is 0.322 e. The minimum Gasteiger partial charge on any atom is -0.480 e. The molecule has 102 valence electrons. The van der Waals surface area contributed by atoms with Gasteiger partial charge in [0.2, 0.25) is 0 Å². The second-order valence-electron chi connectivity index (χ2n) is 6.85. The maximum Gasteiger partial charge on any atom is 0.322 e. The van der Waals surface area contributed by atoms with Crippen LogP contribution in [0.15, 0.2) is 0 Å². The highest BCUT2D eigenvalue weighted by atomic mass is 16.4. The van der Waals surface area contributed by atoms with Crippen LogP contribution < -0.4 is 5.84 Å². The number of hydrogen-bond acceptors (Lipinski definition) is 3. The van der Waals surface area contributed by atoms with Crippen LogP contribution in [-0.2, 0) is 4.79 Å². The normalized spacial score (nSPS) is 43.4. The molecule has 4 heteroatoms. The topological polar surface area (TPSA) is 66.6 Å². The van der Waals surface area contributed by atoms with Crippen molar-refractivity contribution in [1.82, 2.24) is 5.01 Å². The highest BCUT2D eigenvalue weighted by Gasteiger charge is 2.57. The Morgan fingerprint density at radius 1 is 1.28 bits per heavy atom. The molecule has 0 saturated heterocycles. The molecule has 1 unspecified atom stereocenters. The fourth-order valence-electron chi connectivity index (χ4n) is 5.45. The number of aliphatic carboxylic acids is 1. The standard InChI is InChI=1S/C14H24N2O2/c1-2-16(15)12(13(17)18)14-6-9-3-10(7-14)5-11(4-9)8-14/h9-12H,2-8,15H2,1H3,(H,17,18). The summed E-state index contributed by atoms with van der Waals surface area (Å²) >= 11 is 0. The van der Waals surface area contributed by atoms with Crippen LogP contribution in [0.3, 0.4) is 0 Å². The first-order chi connectivity index (χ1) is 8.54. The largest absolute Gasteiger partial charge is 0.480 e. The Balaban J connectivity index is 1.91. The average molecular weight is 252 g/mol. The molecule has 4 nitrogen and oxygen atoms in total. The van der Waals surface area contributed by atoms with E-state index in [2.05, 4.69) is 0 Å². The Morgan fingerprint density at radius 2 is 1.72 bits per heavy atom. The van der Waals surface area contributed by atoms with Crippen LogP contribution in [0.1, 0.15) is 45.4 Å². The van der Waals surface area contributed by atoms with Gasteiger partial charge >= 0.3 is 5.97 Å². The zero-order chi connectivity index (χ0) is 12.9. The van der Waals surface area contributed by atoms with Crippen molar-refractivity contribution in [3.63, 3.8) is 0 Å². The lowest BCUT2D eigenvalue weighted by atomic mass is 9.47. The number of nitrogens with zero attached hydrogens (tertiary/aromatic N) is 1. The van der Waals surface area contributed by atoms with Crippen molar-refractivity contribution in [3.05, 3.63) is 0 Å². The van der Waals surface area contributed by atoms with Gasteiger partial charge in [0.15, 0.2) is 0 Å². The lowest BCUT2D eigenvalue weighted by Crippen LogP contribution is -2.61. The van der Waals surface area contributed by atoms with Crippen LogP contribution in [0.25, 0.3) is 0 Å². The van der Waals surface area contributed by atoms with Crippen molar-refractivity contribution in [3.8, 4) is 0 Å². The zero-order valence-electron chi connectivity index (χ0n) is 11.1. The molecule has 3 N–H and O–H groups in total. The van der Waals surface area contributed by atoms with E-state index in [1.54, 1.807) is 5.01 Å². The first-order valence-electron chi connectivity index (χ1n) is 7.28. The number of carbonyl (C=O) groups is 1. The van der Waals surface area contributed by atoms with E-state index in [1.807, 2.05) is 6.92 Å². The van der Waals surface area contributed by atoms with E-state index >= 15 is 0 Å². The Labute approximate surface area is 108 Å². The van der Waals surface area contributed by atoms with E-state index in [1.165, 1.54) is 19.3 Å². The molecular weight excluding hydrogens is 228 g/mol. The monoisotopic (exact) mass is 252 g/mol. The van der Waals surface area contributed by atoms with Crippen LogP contribution in [0.2, 0.25) is 0 Å². The highest BCUT2D eigenvalue weighted by Crippen LogP contribution is 2.61. The third-order valence-corrected chi connectivity index (χ3v) is 5.60. The van der Waals surface area contributed by atoms with E-state index < -0.39 is 12.0 Å². The van der Waals surface area contributed by atoms with Gasteiger partial charge in [-0.2, -0.15) is 0 Å². The summed E-state index contributed by atoms with van der Waals surface area (Å²) in [5, 5.41) is 11.2. The molecule has 0 radical (unpaired) electrons. The molecule has 0 aromatic heterocycles. The molecule has 0 aromatic carbocycles. The molecule has 4 bridgehead atoms. The summed E-state index contributed by atoms with van der Waals surface area (Å²) in [4.78, 5) is 11.7. The van der Waals surface area contributed by atoms with Crippen molar-refractivity contribution in [2.75, 3.05) is 6.54 Å². The van der Waals surface area contributed by atoms with Crippen molar-refractivity contribution < 1.29 is 9.90 Å². The summed E-state index contributed by atoms with van der Waals surface area (Å²) < 4.78 is 0. The van der Waals surface area contributed by atoms with E-state index in [-0.39, 0.29) is 5.41 Å². The predicted octanol–water partition coefficient (Wildman–Crippen LogP) is 1.85. The molecule has 1 atom stereocenters. The van der Waals surface area contributed by atoms with Crippen molar-refractivity contribution in [1.29, 1.82) is 0 Å². The summed E-state index contributed by atoms with van der Waals surface area (Å²) in [7, 11) is 0. The minimum atomic E-state index is -0.721. The van der Waals surface area contributed by atoms with Gasteiger partial charge in [0.1, 0.15) is 6.04 Å². The quantitative estimate of drug-likeness (QED) is 0.592. The summed E-state index contributed by atoms with van der Waals surface area (Å²) in [6, 6.07) is -0.476. The maximum atomic E-state index is 11.7. The molecule has 4 aliphatic rings. The number of carboxylic acid groups (broad SMARTS) is 1. The third kappa shape index (κ3) is 1.77. The number of nitrogens with two attached hydrogens (primary N) is 1. The van der Waals surface area contributed by atoms with Crippen LogP contribution in [0.4, 0.5) is 0 Å². The van der Waals surface area contributed by atoms with E-state index in [0.29, 0.717) is 6.54 Å². The fraction of sp³-hybridized carbons (Fsp3) is 0.929. The van der Waals surface area contributed by atoms with E-state index in [9.17, 15) is 9.90 Å². The minimum absolute atomic E-state index is 0.0364. The number of likely N-dealkylation sites (N-methyl/N-ethyl adjacent to an activating group) is 1. The Morgan fingerprint density at radius 3 is 2.06 bits per heavy atom. The van der Waals surface area contributed by atoms with E-state index in [4.69, 9.17) is 5.84 Å². The molecule has 0 amide bonds. The summed E-state index contributed by atoms with van der Waals surface area (Å²) in [5.74, 6) is 7.57. The molecule has 0 heterocycles. The van der Waals surface area contributed by atoms with Gasteiger partial charge < -0.3 is 5.11 Å². The maximum absolute atomic E-state index is 11.7. The highest BCUT2D eigenvalue weighted by molar-refractivity contribution is 5.74. The second-order valence-corrected chi connectivity index (χ2v) is 6.85. The Bertz CT molecular complexity index is 320. The van der Waals surface area contributed by atoms with Gasteiger partial charge in [0.25, 0.3) is 0 Å². The number of carboxylic acids is 1. The van der Waals surface area contributed by atoms with Crippen molar-refractivity contribution in [2.24, 2.45) is 29.0 Å². The average Bonchev–Trinajstić information content (AvgIpc) is 2.25. The first-order valence-corrected chi connectivity index (χ1v) is 7.28. The number of hydrogen-bond donors (Lipinski definition) is 2. The van der Waals surface area contributed by atoms with Gasteiger partial charge in [-0.3, -0.25) is 10.6 Å². The van der Waals surface area contributed by atoms with E-state index in [0.717, 1.165) is 37.0 Å². The van der Waals surface area contributed by atoms with Crippen LogP contribution in [0, 0.1) is 23.2 Å². The summed E-state index contributed by atoms with van der Waals surface area (Å²) in [6.07, 6.45) is 7.27. The lowest BCUT2D eigenvalue weighted by molar-refractivity contribution is -0.161. The van der Waals surface area contributed by atoms with Gasteiger partial charge in [-0.05, 0) is 61.7 Å². The number of rotatable bonds is 4. The van der Waals surface area contributed by atoms with Crippen LogP contribution in [0.5, 0.6) is 0 Å².